The van der Waals surface area contributed by atoms with Crippen LogP contribution in [0.3, 0.4) is 0 Å². The Morgan fingerprint density at radius 3 is 2.33 bits per heavy atom. The second kappa shape index (κ2) is 5.18. The quantitative estimate of drug-likeness (QED) is 0.609. The van der Waals surface area contributed by atoms with Gasteiger partial charge in [0.1, 0.15) is 0 Å². The fourth-order valence-corrected chi connectivity index (χ4v) is 0.747. The van der Waals surface area contributed by atoms with Crippen LogP contribution in [0.1, 0.15) is 47.0 Å². The number of hydrogen-bond acceptors (Lipinski definition) is 2. The molecule has 0 aromatic heterocycles. The molecule has 0 atom stereocenters. The third-order valence-electron chi connectivity index (χ3n) is 1.57. The molecule has 0 heterocycles. The zero-order chi connectivity index (χ0) is 9.61. The Kier molecular flexibility index (Phi) is 4.95. The molecule has 72 valence electrons. The van der Waals surface area contributed by atoms with Gasteiger partial charge in [0.2, 0.25) is 0 Å². The Balaban J connectivity index is 3.37. The highest BCUT2D eigenvalue weighted by Gasteiger charge is 2.10. The highest BCUT2D eigenvalue weighted by Crippen LogP contribution is 2.17. The average molecular weight is 172 g/mol. The van der Waals surface area contributed by atoms with Gasteiger partial charge in [-0.3, -0.25) is 4.79 Å². The molecule has 0 aromatic carbocycles. The largest absolute Gasteiger partial charge is 0.466 e. The van der Waals surface area contributed by atoms with Gasteiger partial charge in [-0.05, 0) is 18.3 Å². The number of hydrogen-bond donors (Lipinski definition) is 0. The van der Waals surface area contributed by atoms with Crippen LogP contribution >= 0.6 is 0 Å². The zero-order valence-corrected chi connectivity index (χ0v) is 8.64. The van der Waals surface area contributed by atoms with Crippen molar-refractivity contribution < 1.29 is 9.53 Å². The summed E-state index contributed by atoms with van der Waals surface area (Å²) < 4.78 is 5.02. The van der Waals surface area contributed by atoms with Crippen molar-refractivity contribution >= 4 is 5.97 Å². The summed E-state index contributed by atoms with van der Waals surface area (Å²) in [6, 6.07) is 0. The number of ether oxygens (including phenoxy) is 1. The lowest BCUT2D eigenvalue weighted by molar-refractivity contribution is -0.144. The van der Waals surface area contributed by atoms with Crippen molar-refractivity contribution in [3.8, 4) is 0 Å². The van der Waals surface area contributed by atoms with Crippen LogP contribution in [0.15, 0.2) is 0 Å². The molecule has 0 aliphatic heterocycles. The first kappa shape index (κ1) is 11.5. The molecule has 0 spiro atoms. The summed E-state index contributed by atoms with van der Waals surface area (Å²) in [6.07, 6.45) is 2.35. The summed E-state index contributed by atoms with van der Waals surface area (Å²) in [6.45, 7) is 8.95. The minimum atomic E-state index is -0.0678. The molecule has 0 aromatic rings. The lowest BCUT2D eigenvalue weighted by Gasteiger charge is -2.17. The smallest absolute Gasteiger partial charge is 0.305 e. The van der Waals surface area contributed by atoms with E-state index >= 15 is 0 Å². The minimum absolute atomic E-state index is 0.0678. The molecule has 2 nitrogen and oxygen atoms in total. The van der Waals surface area contributed by atoms with Gasteiger partial charge in [0, 0.05) is 6.42 Å². The van der Waals surface area contributed by atoms with E-state index in [0.29, 0.717) is 13.0 Å². The van der Waals surface area contributed by atoms with Crippen LogP contribution in [-0.2, 0) is 9.53 Å². The summed E-state index contributed by atoms with van der Waals surface area (Å²) in [4.78, 5) is 10.9. The van der Waals surface area contributed by atoms with Crippen LogP contribution in [-0.4, -0.2) is 12.6 Å². The Labute approximate surface area is 75.3 Å². The molecule has 0 fully saturated rings. The minimum Gasteiger partial charge on any atom is -0.466 e. The van der Waals surface area contributed by atoms with E-state index < -0.39 is 0 Å². The van der Waals surface area contributed by atoms with E-state index in [9.17, 15) is 4.79 Å². The van der Waals surface area contributed by atoms with Gasteiger partial charge < -0.3 is 4.74 Å². The van der Waals surface area contributed by atoms with Gasteiger partial charge in [-0.25, -0.2) is 0 Å². The normalized spacial score (nSPS) is 11.3. The Morgan fingerprint density at radius 1 is 1.33 bits per heavy atom. The maximum absolute atomic E-state index is 10.9. The van der Waals surface area contributed by atoms with Gasteiger partial charge in [0.25, 0.3) is 0 Å². The van der Waals surface area contributed by atoms with Crippen molar-refractivity contribution in [3.05, 3.63) is 0 Å². The molecule has 2 heteroatoms. The van der Waals surface area contributed by atoms with E-state index in [2.05, 4.69) is 20.8 Å². The van der Waals surface area contributed by atoms with Crippen molar-refractivity contribution in [1.29, 1.82) is 0 Å². The zero-order valence-electron chi connectivity index (χ0n) is 8.64. The molecular weight excluding hydrogens is 152 g/mol. The van der Waals surface area contributed by atoms with Crippen LogP contribution in [0.5, 0.6) is 0 Å². The number of rotatable bonds is 4. The van der Waals surface area contributed by atoms with E-state index in [1.165, 1.54) is 0 Å². The average Bonchev–Trinajstić information content (AvgIpc) is 1.84. The summed E-state index contributed by atoms with van der Waals surface area (Å²) in [7, 11) is 0. The topological polar surface area (TPSA) is 26.3 Å². The summed E-state index contributed by atoms with van der Waals surface area (Å²) in [5, 5.41) is 0. The second-order valence-corrected chi connectivity index (χ2v) is 4.28. The van der Waals surface area contributed by atoms with E-state index in [-0.39, 0.29) is 11.4 Å². The maximum Gasteiger partial charge on any atom is 0.305 e. The molecule has 0 saturated heterocycles. The number of esters is 1. The van der Waals surface area contributed by atoms with E-state index in [4.69, 9.17) is 4.74 Å². The summed E-state index contributed by atoms with van der Waals surface area (Å²) >= 11 is 0. The van der Waals surface area contributed by atoms with Crippen LogP contribution in [0.4, 0.5) is 0 Å². The summed E-state index contributed by atoms with van der Waals surface area (Å²) in [5.41, 5.74) is 0.256. The molecule has 0 bridgehead atoms. The number of carbonyl (C=O) groups is 1. The van der Waals surface area contributed by atoms with Crippen molar-refractivity contribution in [1.82, 2.24) is 0 Å². The van der Waals surface area contributed by atoms with Crippen LogP contribution in [0.2, 0.25) is 0 Å². The van der Waals surface area contributed by atoms with Gasteiger partial charge in [-0.1, -0.05) is 27.7 Å². The molecule has 0 radical (unpaired) electrons. The van der Waals surface area contributed by atoms with Crippen molar-refractivity contribution in [3.63, 3.8) is 0 Å². The Morgan fingerprint density at radius 2 is 1.92 bits per heavy atom. The van der Waals surface area contributed by atoms with Gasteiger partial charge in [0.05, 0.1) is 6.61 Å². The fourth-order valence-electron chi connectivity index (χ4n) is 0.747. The van der Waals surface area contributed by atoms with Gasteiger partial charge in [-0.15, -0.1) is 0 Å². The van der Waals surface area contributed by atoms with Gasteiger partial charge >= 0.3 is 5.97 Å². The predicted octanol–water partition coefficient (Wildman–Crippen LogP) is 2.77. The SMILES string of the molecule is CCCC(=O)OCCC(C)(C)C. The summed E-state index contributed by atoms with van der Waals surface area (Å²) in [5.74, 6) is -0.0678. The molecule has 12 heavy (non-hydrogen) atoms. The molecule has 0 aliphatic carbocycles. The Hall–Kier alpha value is -0.530. The first-order valence-electron chi connectivity index (χ1n) is 4.61. The molecule has 0 aliphatic rings. The molecule has 0 N–H and O–H groups in total. The lowest BCUT2D eigenvalue weighted by atomic mass is 9.93. The highest BCUT2D eigenvalue weighted by atomic mass is 16.5. The van der Waals surface area contributed by atoms with E-state index in [1.54, 1.807) is 0 Å². The van der Waals surface area contributed by atoms with Gasteiger partial charge in [-0.2, -0.15) is 0 Å². The second-order valence-electron chi connectivity index (χ2n) is 4.28. The molecular formula is C10H20O2. The fraction of sp³-hybridized carbons (Fsp3) is 0.900. The van der Waals surface area contributed by atoms with E-state index in [1.807, 2.05) is 6.92 Å². The van der Waals surface area contributed by atoms with Crippen molar-refractivity contribution in [2.45, 2.75) is 47.0 Å². The first-order valence-corrected chi connectivity index (χ1v) is 4.61. The van der Waals surface area contributed by atoms with Crippen molar-refractivity contribution in [2.75, 3.05) is 6.61 Å². The monoisotopic (exact) mass is 172 g/mol. The highest BCUT2D eigenvalue weighted by molar-refractivity contribution is 5.69. The maximum atomic E-state index is 10.9. The van der Waals surface area contributed by atoms with Crippen LogP contribution < -0.4 is 0 Å². The van der Waals surface area contributed by atoms with Gasteiger partial charge in [0.15, 0.2) is 0 Å². The van der Waals surface area contributed by atoms with E-state index in [0.717, 1.165) is 12.8 Å². The molecule has 0 saturated carbocycles. The third-order valence-corrected chi connectivity index (χ3v) is 1.57. The standard InChI is InChI=1S/C10H20O2/c1-5-6-9(11)12-8-7-10(2,3)4/h5-8H2,1-4H3. The number of carbonyl (C=O) groups excluding carboxylic acids is 1. The first-order chi connectivity index (χ1) is 5.45. The lowest BCUT2D eigenvalue weighted by Crippen LogP contribution is -2.12. The van der Waals surface area contributed by atoms with Crippen molar-refractivity contribution in [2.24, 2.45) is 5.41 Å². The van der Waals surface area contributed by atoms with Crippen LogP contribution in [0, 0.1) is 5.41 Å². The Bertz CT molecular complexity index is 133. The molecule has 0 unspecified atom stereocenters. The molecule has 0 rings (SSSR count). The molecule has 0 amide bonds. The predicted molar refractivity (Wildman–Crippen MR) is 49.9 cm³/mol. The third kappa shape index (κ3) is 7.58. The van der Waals surface area contributed by atoms with Crippen LogP contribution in [0.25, 0.3) is 0 Å².